The van der Waals surface area contributed by atoms with Crippen molar-refractivity contribution in [3.63, 3.8) is 0 Å². The van der Waals surface area contributed by atoms with Crippen LogP contribution in [0.2, 0.25) is 0 Å². The number of para-hydroxylation sites is 3. The Hall–Kier alpha value is -8.41. The Labute approximate surface area is 358 Å². The zero-order chi connectivity index (χ0) is 41.0. The van der Waals surface area contributed by atoms with Crippen molar-refractivity contribution < 1.29 is 0 Å². The largest absolute Gasteiger partial charge is 0.307 e. The second kappa shape index (κ2) is 14.7. The summed E-state index contributed by atoms with van der Waals surface area (Å²) < 4.78 is 4.73. The maximum atomic E-state index is 5.31. The Morgan fingerprint density at radius 1 is 0.274 bits per heavy atom. The van der Waals surface area contributed by atoms with E-state index < -0.39 is 0 Å². The highest BCUT2D eigenvalue weighted by molar-refractivity contribution is 6.24. The number of hydrogen-bond donors (Lipinski definition) is 0. The first-order valence-corrected chi connectivity index (χ1v) is 21.0. The quantitative estimate of drug-likeness (QED) is 0.162. The zero-order valence-electron chi connectivity index (χ0n) is 33.6. The van der Waals surface area contributed by atoms with Crippen LogP contribution >= 0.6 is 0 Å². The van der Waals surface area contributed by atoms with Crippen molar-refractivity contribution in [1.82, 2.24) is 24.1 Å². The van der Waals surface area contributed by atoms with Crippen LogP contribution in [0.25, 0.3) is 111 Å². The van der Waals surface area contributed by atoms with Gasteiger partial charge >= 0.3 is 0 Å². The number of benzene rings is 9. The predicted molar refractivity (Wildman–Crippen MR) is 256 cm³/mol. The van der Waals surface area contributed by atoms with Gasteiger partial charge in [0.2, 0.25) is 5.95 Å². The summed E-state index contributed by atoms with van der Waals surface area (Å²) in [6.07, 6.45) is 0. The highest BCUT2D eigenvalue weighted by atomic mass is 15.2. The van der Waals surface area contributed by atoms with E-state index in [0.29, 0.717) is 17.6 Å². The lowest BCUT2D eigenvalue weighted by Gasteiger charge is -2.19. The molecule has 12 rings (SSSR count). The van der Waals surface area contributed by atoms with Crippen molar-refractivity contribution in [3.05, 3.63) is 224 Å². The fraction of sp³-hybridized carbons (Fsp3) is 0. The Bertz CT molecular complexity index is 3550. The second-order valence-corrected chi connectivity index (χ2v) is 15.6. The van der Waals surface area contributed by atoms with Crippen LogP contribution in [0.3, 0.4) is 0 Å². The van der Waals surface area contributed by atoms with E-state index in [0.717, 1.165) is 71.7 Å². The molecule has 5 heteroatoms. The van der Waals surface area contributed by atoms with Gasteiger partial charge in [0.25, 0.3) is 0 Å². The topological polar surface area (TPSA) is 48.5 Å². The minimum Gasteiger partial charge on any atom is -0.307 e. The summed E-state index contributed by atoms with van der Waals surface area (Å²) >= 11 is 0. The van der Waals surface area contributed by atoms with Gasteiger partial charge in [-0.25, -0.2) is 4.98 Å². The first kappa shape index (κ1) is 35.5. The first-order valence-electron chi connectivity index (χ1n) is 21.0. The molecule has 0 fully saturated rings. The average Bonchev–Trinajstić information content (AvgIpc) is 3.88. The minimum atomic E-state index is 0.560. The van der Waals surface area contributed by atoms with Crippen molar-refractivity contribution in [1.29, 1.82) is 0 Å². The van der Waals surface area contributed by atoms with E-state index >= 15 is 0 Å². The molecule has 0 unspecified atom stereocenters. The Morgan fingerprint density at radius 2 is 0.742 bits per heavy atom. The highest BCUT2D eigenvalue weighted by Gasteiger charge is 2.25. The molecule has 0 aliphatic heterocycles. The lowest BCUT2D eigenvalue weighted by atomic mass is 9.90. The molecule has 0 spiro atoms. The SMILES string of the molecule is c1ccc(-c2ccc(-c3ccccc3-n3c4ccccc4c4ccc5c6ccccc6n(-c6nc(-c7ccccc7)nc(-c7ccccc7)n6)c5c43)c(-c3ccccc3)c2)cc1. The molecule has 5 nitrogen and oxygen atoms in total. The van der Waals surface area contributed by atoms with Crippen LogP contribution in [0.1, 0.15) is 0 Å². The molecule has 3 heterocycles. The van der Waals surface area contributed by atoms with Crippen LogP contribution in [0.15, 0.2) is 224 Å². The molecule has 290 valence electrons. The van der Waals surface area contributed by atoms with Crippen LogP contribution in [0.4, 0.5) is 0 Å². The van der Waals surface area contributed by atoms with Gasteiger partial charge in [-0.2, -0.15) is 9.97 Å². The molecule has 0 atom stereocenters. The number of rotatable bonds is 7. The predicted octanol–water partition coefficient (Wildman–Crippen LogP) is 14.4. The monoisotopic (exact) mass is 791 g/mol. The van der Waals surface area contributed by atoms with Crippen molar-refractivity contribution >= 4 is 43.6 Å². The summed E-state index contributed by atoms with van der Waals surface area (Å²) in [5.74, 6) is 1.79. The zero-order valence-corrected chi connectivity index (χ0v) is 33.6. The Balaban J connectivity index is 1.19. The molecule has 12 aromatic rings. The third-order valence-electron chi connectivity index (χ3n) is 12.0. The number of fused-ring (bicyclic) bond motifs is 7. The van der Waals surface area contributed by atoms with Crippen molar-refractivity contribution in [2.75, 3.05) is 0 Å². The smallest absolute Gasteiger partial charge is 0.238 e. The van der Waals surface area contributed by atoms with Gasteiger partial charge in [-0.15, -0.1) is 0 Å². The van der Waals surface area contributed by atoms with Crippen LogP contribution in [0, 0.1) is 0 Å². The van der Waals surface area contributed by atoms with E-state index in [2.05, 4.69) is 197 Å². The average molecular weight is 792 g/mol. The minimum absolute atomic E-state index is 0.560. The van der Waals surface area contributed by atoms with Gasteiger partial charge < -0.3 is 4.57 Å². The maximum Gasteiger partial charge on any atom is 0.238 e. The molecule has 0 amide bonds. The summed E-state index contributed by atoms with van der Waals surface area (Å²) in [6.45, 7) is 0. The Kier molecular flexibility index (Phi) is 8.42. The van der Waals surface area contributed by atoms with Crippen LogP contribution < -0.4 is 0 Å². The summed E-state index contributed by atoms with van der Waals surface area (Å²) in [7, 11) is 0. The molecule has 62 heavy (non-hydrogen) atoms. The van der Waals surface area contributed by atoms with Gasteiger partial charge in [-0.1, -0.05) is 200 Å². The molecule has 0 aliphatic carbocycles. The van der Waals surface area contributed by atoms with E-state index in [1.807, 2.05) is 36.4 Å². The fourth-order valence-corrected chi connectivity index (χ4v) is 9.20. The normalized spacial score (nSPS) is 11.5. The summed E-state index contributed by atoms with van der Waals surface area (Å²) in [4.78, 5) is 15.7. The van der Waals surface area contributed by atoms with Crippen LogP contribution in [-0.2, 0) is 0 Å². The third-order valence-corrected chi connectivity index (χ3v) is 12.0. The number of hydrogen-bond acceptors (Lipinski definition) is 3. The molecular formula is C57H37N5. The molecule has 3 aromatic heterocycles. The summed E-state index contributed by atoms with van der Waals surface area (Å²) in [5, 5.41) is 4.56. The molecular weight excluding hydrogens is 755 g/mol. The van der Waals surface area contributed by atoms with E-state index in [1.54, 1.807) is 0 Å². The van der Waals surface area contributed by atoms with Gasteiger partial charge in [-0.3, -0.25) is 4.57 Å². The molecule has 0 saturated carbocycles. The van der Waals surface area contributed by atoms with E-state index in [9.17, 15) is 0 Å². The molecule has 0 N–H and O–H groups in total. The van der Waals surface area contributed by atoms with Crippen molar-refractivity contribution in [2.24, 2.45) is 0 Å². The number of nitrogens with zero attached hydrogens (tertiary/aromatic N) is 5. The third kappa shape index (κ3) is 5.82. The summed E-state index contributed by atoms with van der Waals surface area (Å²) in [6, 6.07) is 79.4. The Morgan fingerprint density at radius 3 is 1.34 bits per heavy atom. The van der Waals surface area contributed by atoms with Gasteiger partial charge in [0, 0.05) is 38.2 Å². The van der Waals surface area contributed by atoms with E-state index in [4.69, 9.17) is 15.0 Å². The standard InChI is InChI=1S/C57H37N5/c1-5-19-38(20-6-1)42-33-34-43(49(37-42)39-21-7-2-8-22-39)44-27-13-16-30-50(44)61-51-31-17-14-28-45(51)47-35-36-48-46-29-15-18-32-52(46)62(54(48)53(47)61)57-59-55(40-23-9-3-10-24-40)58-56(60-57)41-25-11-4-12-26-41/h1-37H. The van der Waals surface area contributed by atoms with Gasteiger partial charge in [0.05, 0.1) is 27.8 Å². The van der Waals surface area contributed by atoms with Crippen molar-refractivity contribution in [2.45, 2.75) is 0 Å². The highest BCUT2D eigenvalue weighted by Crippen LogP contribution is 2.45. The summed E-state index contributed by atoms with van der Waals surface area (Å²) in [5.41, 5.74) is 14.2. The van der Waals surface area contributed by atoms with Crippen LogP contribution in [0.5, 0.6) is 0 Å². The lowest BCUT2D eigenvalue weighted by Crippen LogP contribution is -2.07. The first-order chi connectivity index (χ1) is 30.8. The maximum absolute atomic E-state index is 5.31. The van der Waals surface area contributed by atoms with Gasteiger partial charge in [0.15, 0.2) is 11.6 Å². The molecule has 0 radical (unpaired) electrons. The van der Waals surface area contributed by atoms with E-state index in [1.165, 1.54) is 22.1 Å². The second-order valence-electron chi connectivity index (χ2n) is 15.6. The lowest BCUT2D eigenvalue weighted by molar-refractivity contribution is 0.953. The fourth-order valence-electron chi connectivity index (χ4n) is 9.20. The van der Waals surface area contributed by atoms with E-state index in [-0.39, 0.29) is 0 Å². The van der Waals surface area contributed by atoms with Crippen molar-refractivity contribution in [3.8, 4) is 67.8 Å². The van der Waals surface area contributed by atoms with Crippen LogP contribution in [-0.4, -0.2) is 24.1 Å². The van der Waals surface area contributed by atoms with Gasteiger partial charge in [-0.05, 0) is 52.1 Å². The number of aromatic nitrogens is 5. The van der Waals surface area contributed by atoms with Gasteiger partial charge in [0.1, 0.15) is 0 Å². The molecule has 0 aliphatic rings. The molecule has 0 saturated heterocycles. The molecule has 9 aromatic carbocycles. The molecule has 0 bridgehead atoms.